The van der Waals surface area contributed by atoms with Crippen LogP contribution in [0, 0.1) is 0 Å². The minimum absolute atomic E-state index is 0.207. The molecular weight excluding hydrogens is 378 g/mol. The molecule has 3 aromatic rings. The summed E-state index contributed by atoms with van der Waals surface area (Å²) >= 11 is 3.00. The summed E-state index contributed by atoms with van der Waals surface area (Å²) in [4.78, 5) is 13.6. The van der Waals surface area contributed by atoms with Crippen LogP contribution in [0.4, 0.5) is 5.13 Å². The molecule has 0 saturated heterocycles. The number of benzene rings is 1. The fourth-order valence-electron chi connectivity index (χ4n) is 2.66. The molecule has 0 radical (unpaired) electrons. The lowest BCUT2D eigenvalue weighted by Crippen LogP contribution is -2.35. The fraction of sp³-hybridized carbons (Fsp3) is 0.211. The van der Waals surface area contributed by atoms with E-state index in [9.17, 15) is 5.11 Å². The third-order valence-corrected chi connectivity index (χ3v) is 5.75. The van der Waals surface area contributed by atoms with Crippen LogP contribution in [0.2, 0.25) is 0 Å². The van der Waals surface area contributed by atoms with Crippen molar-refractivity contribution in [3.8, 4) is 27.7 Å². The number of nitrogens with one attached hydrogen (secondary N) is 2. The van der Waals surface area contributed by atoms with Gasteiger partial charge in [0.15, 0.2) is 11.1 Å². The number of aromatic nitrogens is 2. The summed E-state index contributed by atoms with van der Waals surface area (Å²) in [6.07, 6.45) is 1.05. The number of rotatable bonds is 4. The van der Waals surface area contributed by atoms with Crippen LogP contribution in [0.25, 0.3) is 27.5 Å². The summed E-state index contributed by atoms with van der Waals surface area (Å²) in [7, 11) is 0. The van der Waals surface area contributed by atoms with E-state index >= 15 is 0 Å². The van der Waals surface area contributed by atoms with E-state index in [2.05, 4.69) is 32.2 Å². The van der Waals surface area contributed by atoms with E-state index in [0.29, 0.717) is 5.56 Å². The Balaban J connectivity index is 1.54. The van der Waals surface area contributed by atoms with Crippen molar-refractivity contribution in [2.24, 2.45) is 4.99 Å². The molecule has 0 unspecified atom stereocenters. The number of hydrogen-bond acceptors (Lipinski definition) is 8. The molecule has 0 bridgehead atoms. The van der Waals surface area contributed by atoms with Gasteiger partial charge < -0.3 is 15.7 Å². The summed E-state index contributed by atoms with van der Waals surface area (Å²) in [5.74, 6) is 0.974. The Kier molecular flexibility index (Phi) is 4.91. The number of allylic oxidation sites excluding steroid dienone is 1. The number of hydrogen-bond donors (Lipinski definition) is 3. The van der Waals surface area contributed by atoms with E-state index in [-0.39, 0.29) is 5.75 Å². The van der Waals surface area contributed by atoms with Crippen molar-refractivity contribution in [1.29, 1.82) is 0 Å². The molecule has 0 amide bonds. The van der Waals surface area contributed by atoms with Crippen LogP contribution in [0.3, 0.4) is 0 Å². The Morgan fingerprint density at radius 1 is 1.22 bits per heavy atom. The van der Waals surface area contributed by atoms with Gasteiger partial charge in [0.1, 0.15) is 22.1 Å². The minimum atomic E-state index is 0.207. The molecule has 27 heavy (non-hydrogen) atoms. The molecule has 3 heterocycles. The van der Waals surface area contributed by atoms with E-state index < -0.39 is 0 Å². The minimum Gasteiger partial charge on any atom is -0.507 e. The summed E-state index contributed by atoms with van der Waals surface area (Å²) in [6.45, 7) is 7.58. The maximum atomic E-state index is 10.3. The molecule has 6 nitrogen and oxygen atoms in total. The normalized spacial score (nSPS) is 13.7. The first-order chi connectivity index (χ1) is 13.1. The predicted octanol–water partition coefficient (Wildman–Crippen LogP) is 4.43. The first-order valence-corrected chi connectivity index (χ1v) is 10.3. The maximum absolute atomic E-state index is 10.3. The Labute approximate surface area is 165 Å². The summed E-state index contributed by atoms with van der Waals surface area (Å²) in [5.41, 5.74) is 4.14. The molecule has 2 aromatic heterocycles. The topological polar surface area (TPSA) is 82.4 Å². The Hall–Kier alpha value is -2.71. The van der Waals surface area contributed by atoms with Gasteiger partial charge in [0.25, 0.3) is 0 Å². The molecule has 8 heteroatoms. The zero-order valence-corrected chi connectivity index (χ0v) is 16.5. The average molecular weight is 398 g/mol. The second-order valence-electron chi connectivity index (χ2n) is 6.22. The maximum Gasteiger partial charge on any atom is 0.197 e. The zero-order chi connectivity index (χ0) is 18.8. The summed E-state index contributed by atoms with van der Waals surface area (Å²) < 4.78 is 0. The molecule has 1 aliphatic rings. The Morgan fingerprint density at radius 3 is 2.78 bits per heavy atom. The second-order valence-corrected chi connectivity index (χ2v) is 7.94. The highest BCUT2D eigenvalue weighted by atomic mass is 32.1. The van der Waals surface area contributed by atoms with Crippen molar-refractivity contribution >= 4 is 39.3 Å². The molecule has 4 rings (SSSR count). The molecule has 0 saturated carbocycles. The van der Waals surface area contributed by atoms with Gasteiger partial charge in [-0.2, -0.15) is 0 Å². The van der Waals surface area contributed by atoms with Gasteiger partial charge in [0, 0.05) is 23.8 Å². The molecule has 1 aliphatic heterocycles. The Morgan fingerprint density at radius 2 is 2.04 bits per heavy atom. The highest BCUT2D eigenvalue weighted by Crippen LogP contribution is 2.36. The van der Waals surface area contributed by atoms with Crippen LogP contribution in [-0.2, 0) is 0 Å². The largest absolute Gasteiger partial charge is 0.507 e. The molecule has 3 N–H and O–H groups in total. The summed E-state index contributed by atoms with van der Waals surface area (Å²) in [6, 6.07) is 5.55. The predicted molar refractivity (Wildman–Crippen MR) is 114 cm³/mol. The number of guanidine groups is 1. The highest BCUT2D eigenvalue weighted by molar-refractivity contribution is 7.14. The zero-order valence-electron chi connectivity index (χ0n) is 14.8. The molecule has 0 fully saturated rings. The van der Waals surface area contributed by atoms with Gasteiger partial charge >= 0.3 is 0 Å². The third kappa shape index (κ3) is 3.86. The first-order valence-electron chi connectivity index (χ1n) is 8.56. The van der Waals surface area contributed by atoms with E-state index in [0.717, 1.165) is 58.1 Å². The molecule has 0 spiro atoms. The number of nitrogens with zero attached hydrogens (tertiary/aromatic N) is 3. The average Bonchev–Trinajstić information content (AvgIpc) is 3.32. The molecule has 138 valence electrons. The second kappa shape index (κ2) is 7.50. The van der Waals surface area contributed by atoms with E-state index in [1.54, 1.807) is 6.07 Å². The van der Waals surface area contributed by atoms with Gasteiger partial charge in [-0.15, -0.1) is 22.7 Å². The van der Waals surface area contributed by atoms with Gasteiger partial charge in [0.05, 0.1) is 5.56 Å². The number of phenols is 1. The van der Waals surface area contributed by atoms with E-state index in [4.69, 9.17) is 0 Å². The molecule has 0 atom stereocenters. The number of phenolic OH excluding ortho intramolecular Hbond substituents is 1. The smallest absolute Gasteiger partial charge is 0.197 e. The van der Waals surface area contributed by atoms with Crippen molar-refractivity contribution in [2.45, 2.75) is 13.3 Å². The van der Waals surface area contributed by atoms with E-state index in [1.807, 2.05) is 29.8 Å². The lowest BCUT2D eigenvalue weighted by Gasteiger charge is -2.13. The number of aliphatic imine (C=N–C) groups is 1. The van der Waals surface area contributed by atoms with Crippen molar-refractivity contribution < 1.29 is 5.11 Å². The van der Waals surface area contributed by atoms with Crippen molar-refractivity contribution in [3.63, 3.8) is 0 Å². The van der Waals surface area contributed by atoms with Crippen molar-refractivity contribution in [1.82, 2.24) is 15.3 Å². The summed E-state index contributed by atoms with van der Waals surface area (Å²) in [5, 5.41) is 22.2. The van der Waals surface area contributed by atoms with Crippen LogP contribution in [-0.4, -0.2) is 34.1 Å². The van der Waals surface area contributed by atoms with Crippen molar-refractivity contribution in [3.05, 3.63) is 41.1 Å². The van der Waals surface area contributed by atoms with Gasteiger partial charge in [0.2, 0.25) is 0 Å². The first kappa shape index (κ1) is 17.7. The SMILES string of the molecule is C=C(C)c1ccc(-c2nc(-c3csc(NC4=NCCCN4)n3)cs2)c(O)c1. The molecule has 0 aliphatic carbocycles. The molecule has 1 aromatic carbocycles. The van der Waals surface area contributed by atoms with Crippen LogP contribution in [0.5, 0.6) is 5.75 Å². The van der Waals surface area contributed by atoms with Crippen LogP contribution < -0.4 is 10.6 Å². The number of thiazole rings is 2. The molecular formula is C19H19N5OS2. The van der Waals surface area contributed by atoms with Crippen LogP contribution in [0.15, 0.2) is 40.5 Å². The highest BCUT2D eigenvalue weighted by Gasteiger charge is 2.14. The lowest BCUT2D eigenvalue weighted by atomic mass is 10.1. The van der Waals surface area contributed by atoms with Gasteiger partial charge in [-0.3, -0.25) is 4.99 Å². The fourth-order valence-corrected chi connectivity index (χ4v) is 4.21. The Bertz CT molecular complexity index is 1020. The van der Waals surface area contributed by atoms with Crippen molar-refractivity contribution in [2.75, 3.05) is 18.4 Å². The monoisotopic (exact) mass is 397 g/mol. The number of aromatic hydroxyl groups is 1. The van der Waals surface area contributed by atoms with Crippen LogP contribution in [0.1, 0.15) is 18.9 Å². The van der Waals surface area contributed by atoms with Gasteiger partial charge in [-0.25, -0.2) is 9.97 Å². The van der Waals surface area contributed by atoms with Gasteiger partial charge in [-0.1, -0.05) is 18.2 Å². The van der Waals surface area contributed by atoms with E-state index in [1.165, 1.54) is 22.7 Å². The quantitative estimate of drug-likeness (QED) is 0.606. The van der Waals surface area contributed by atoms with Crippen LogP contribution >= 0.6 is 22.7 Å². The number of anilines is 1. The van der Waals surface area contributed by atoms with Gasteiger partial charge in [-0.05, 0) is 31.0 Å². The third-order valence-electron chi connectivity index (χ3n) is 4.11. The lowest BCUT2D eigenvalue weighted by molar-refractivity contribution is 0.477. The standard InChI is InChI=1S/C19H19N5OS2/c1-11(2)12-4-5-13(16(25)8-12)17-22-14(9-26-17)15-10-27-19(23-15)24-18-20-6-3-7-21-18/h4-5,8-10,25H,1,3,6-7H2,2H3,(H2,20,21,23,24).